The largest absolute Gasteiger partial charge is 0.320 e. The van der Waals surface area contributed by atoms with Crippen LogP contribution in [0.3, 0.4) is 0 Å². The lowest BCUT2D eigenvalue weighted by molar-refractivity contribution is 0.669. The van der Waals surface area contributed by atoms with Gasteiger partial charge in [-0.25, -0.2) is 9.97 Å². The molecule has 19 heavy (non-hydrogen) atoms. The molecule has 0 aliphatic rings. The first-order chi connectivity index (χ1) is 9.21. The lowest BCUT2D eigenvalue weighted by atomic mass is 10.2. The fourth-order valence-electron chi connectivity index (χ4n) is 1.84. The van der Waals surface area contributed by atoms with E-state index in [9.17, 15) is 0 Å². The molecule has 0 fully saturated rings. The van der Waals surface area contributed by atoms with Gasteiger partial charge in [-0.05, 0) is 52.8 Å². The fraction of sp³-hybridized carbons (Fsp3) is 0.467. The molecule has 104 valence electrons. The van der Waals surface area contributed by atoms with Gasteiger partial charge in [-0.15, -0.1) is 0 Å². The van der Waals surface area contributed by atoms with Gasteiger partial charge in [0.15, 0.2) is 0 Å². The van der Waals surface area contributed by atoms with E-state index in [2.05, 4.69) is 27.9 Å². The summed E-state index contributed by atoms with van der Waals surface area (Å²) in [6.07, 6.45) is 8.86. The monoisotopic (exact) mass is 260 g/mol. The SMILES string of the molecule is C=CN(/C=C\C)c1nc(C)cc(CCCCNC)n1. The van der Waals surface area contributed by atoms with E-state index < -0.39 is 0 Å². The smallest absolute Gasteiger partial charge is 0.234 e. The highest BCUT2D eigenvalue weighted by Gasteiger charge is 2.06. The van der Waals surface area contributed by atoms with E-state index in [0.717, 1.165) is 37.2 Å². The molecule has 0 atom stereocenters. The molecule has 0 aromatic carbocycles. The van der Waals surface area contributed by atoms with Gasteiger partial charge in [0.25, 0.3) is 0 Å². The molecule has 1 aromatic heterocycles. The van der Waals surface area contributed by atoms with Crippen molar-refractivity contribution in [2.45, 2.75) is 33.1 Å². The van der Waals surface area contributed by atoms with E-state index in [1.165, 1.54) is 0 Å². The Kier molecular flexibility index (Phi) is 6.82. The third kappa shape index (κ3) is 5.22. The minimum absolute atomic E-state index is 0.691. The van der Waals surface area contributed by atoms with Gasteiger partial charge in [0.2, 0.25) is 5.95 Å². The molecule has 0 aliphatic heterocycles. The zero-order valence-corrected chi connectivity index (χ0v) is 12.2. The number of aromatic nitrogens is 2. The summed E-state index contributed by atoms with van der Waals surface area (Å²) in [5.74, 6) is 0.691. The fourth-order valence-corrected chi connectivity index (χ4v) is 1.84. The third-order valence-corrected chi connectivity index (χ3v) is 2.74. The summed E-state index contributed by atoms with van der Waals surface area (Å²) in [6, 6.07) is 2.06. The second-order valence-electron chi connectivity index (χ2n) is 4.43. The molecule has 0 amide bonds. The minimum atomic E-state index is 0.691. The molecular weight excluding hydrogens is 236 g/mol. The molecule has 4 heteroatoms. The van der Waals surface area contributed by atoms with E-state index >= 15 is 0 Å². The Bertz CT molecular complexity index is 426. The minimum Gasteiger partial charge on any atom is -0.320 e. The molecule has 1 heterocycles. The highest BCUT2D eigenvalue weighted by atomic mass is 15.2. The van der Waals surface area contributed by atoms with Crippen molar-refractivity contribution >= 4 is 5.95 Å². The van der Waals surface area contributed by atoms with Gasteiger partial charge in [0.05, 0.1) is 0 Å². The zero-order chi connectivity index (χ0) is 14.1. The molecule has 0 saturated carbocycles. The van der Waals surface area contributed by atoms with Crippen molar-refractivity contribution in [3.8, 4) is 0 Å². The Balaban J connectivity index is 2.78. The van der Waals surface area contributed by atoms with Crippen LogP contribution in [0.4, 0.5) is 5.95 Å². The maximum Gasteiger partial charge on any atom is 0.234 e. The van der Waals surface area contributed by atoms with Crippen LogP contribution in [0.2, 0.25) is 0 Å². The number of hydrogen-bond donors (Lipinski definition) is 1. The molecular formula is C15H24N4. The zero-order valence-electron chi connectivity index (χ0n) is 12.2. The first-order valence-corrected chi connectivity index (χ1v) is 6.74. The van der Waals surface area contributed by atoms with Crippen LogP contribution in [0.15, 0.2) is 31.1 Å². The van der Waals surface area contributed by atoms with E-state index in [1.54, 1.807) is 6.20 Å². The summed E-state index contributed by atoms with van der Waals surface area (Å²) in [5, 5.41) is 3.16. The molecule has 0 unspecified atom stereocenters. The summed E-state index contributed by atoms with van der Waals surface area (Å²) < 4.78 is 0. The molecule has 0 aliphatic carbocycles. The average molecular weight is 260 g/mol. The average Bonchev–Trinajstić information content (AvgIpc) is 2.40. The number of aryl methyl sites for hydroxylation is 2. The van der Waals surface area contributed by atoms with Gasteiger partial charge >= 0.3 is 0 Å². The van der Waals surface area contributed by atoms with Crippen LogP contribution in [0.5, 0.6) is 0 Å². The molecule has 1 aromatic rings. The number of hydrogen-bond acceptors (Lipinski definition) is 4. The van der Waals surface area contributed by atoms with Crippen molar-refractivity contribution in [2.24, 2.45) is 0 Å². The van der Waals surface area contributed by atoms with Crippen molar-refractivity contribution in [3.63, 3.8) is 0 Å². The lowest BCUT2D eigenvalue weighted by Crippen LogP contribution is -2.12. The van der Waals surface area contributed by atoms with Crippen molar-refractivity contribution in [3.05, 3.63) is 42.5 Å². The summed E-state index contributed by atoms with van der Waals surface area (Å²) in [5.41, 5.74) is 2.08. The first-order valence-electron chi connectivity index (χ1n) is 6.74. The van der Waals surface area contributed by atoms with E-state index in [1.807, 2.05) is 38.1 Å². The van der Waals surface area contributed by atoms with Crippen LogP contribution in [0, 0.1) is 6.92 Å². The predicted octanol–water partition coefficient (Wildman–Crippen LogP) is 2.81. The third-order valence-electron chi connectivity index (χ3n) is 2.74. The lowest BCUT2D eigenvalue weighted by Gasteiger charge is -2.14. The van der Waals surface area contributed by atoms with Crippen molar-refractivity contribution in [1.29, 1.82) is 0 Å². The summed E-state index contributed by atoms with van der Waals surface area (Å²) in [6.45, 7) is 8.80. The number of unbranched alkanes of at least 4 members (excludes halogenated alkanes) is 1. The molecule has 0 radical (unpaired) electrons. The maximum absolute atomic E-state index is 4.59. The second kappa shape index (κ2) is 8.43. The highest BCUT2D eigenvalue weighted by molar-refractivity contribution is 5.40. The second-order valence-corrected chi connectivity index (χ2v) is 4.43. The Hall–Kier alpha value is -1.68. The van der Waals surface area contributed by atoms with E-state index in [0.29, 0.717) is 5.95 Å². The molecule has 0 saturated heterocycles. The van der Waals surface area contributed by atoms with Gasteiger partial charge in [-0.3, -0.25) is 4.90 Å². The van der Waals surface area contributed by atoms with Crippen molar-refractivity contribution < 1.29 is 0 Å². The van der Waals surface area contributed by atoms with Gasteiger partial charge in [0, 0.05) is 23.8 Å². The van der Waals surface area contributed by atoms with Gasteiger partial charge in [-0.2, -0.15) is 0 Å². The summed E-state index contributed by atoms with van der Waals surface area (Å²) >= 11 is 0. The Morgan fingerprint density at radius 2 is 2.16 bits per heavy atom. The number of allylic oxidation sites excluding steroid dienone is 1. The van der Waals surface area contributed by atoms with Crippen LogP contribution in [-0.4, -0.2) is 23.6 Å². The van der Waals surface area contributed by atoms with Gasteiger partial charge < -0.3 is 5.32 Å². The van der Waals surface area contributed by atoms with Crippen LogP contribution in [-0.2, 0) is 6.42 Å². The quantitative estimate of drug-likeness (QED) is 0.730. The van der Waals surface area contributed by atoms with Crippen molar-refractivity contribution in [2.75, 3.05) is 18.5 Å². The number of rotatable bonds is 8. The highest BCUT2D eigenvalue weighted by Crippen LogP contribution is 2.13. The topological polar surface area (TPSA) is 41.1 Å². The predicted molar refractivity (Wildman–Crippen MR) is 81.1 cm³/mol. The Morgan fingerprint density at radius 1 is 1.37 bits per heavy atom. The maximum atomic E-state index is 4.59. The van der Waals surface area contributed by atoms with Gasteiger partial charge in [-0.1, -0.05) is 12.7 Å². The molecule has 0 bridgehead atoms. The number of nitrogens with one attached hydrogen (secondary N) is 1. The van der Waals surface area contributed by atoms with Crippen LogP contribution in [0.25, 0.3) is 0 Å². The number of anilines is 1. The number of nitrogens with zero attached hydrogens (tertiary/aromatic N) is 3. The standard InChI is InChI=1S/C15H24N4/c1-5-11-19(6-2)15-17-13(3)12-14(18-15)9-7-8-10-16-4/h5-6,11-12,16H,2,7-10H2,1,3-4H3/b11-5-. The Morgan fingerprint density at radius 3 is 2.79 bits per heavy atom. The normalized spacial score (nSPS) is 10.9. The van der Waals surface area contributed by atoms with Crippen LogP contribution < -0.4 is 10.2 Å². The van der Waals surface area contributed by atoms with E-state index in [4.69, 9.17) is 0 Å². The first kappa shape index (κ1) is 15.4. The molecule has 1 rings (SSSR count). The van der Waals surface area contributed by atoms with E-state index in [-0.39, 0.29) is 0 Å². The summed E-state index contributed by atoms with van der Waals surface area (Å²) in [4.78, 5) is 10.9. The molecule has 1 N–H and O–H groups in total. The van der Waals surface area contributed by atoms with Crippen LogP contribution >= 0.6 is 0 Å². The van der Waals surface area contributed by atoms with Crippen LogP contribution in [0.1, 0.15) is 31.2 Å². The summed E-state index contributed by atoms with van der Waals surface area (Å²) in [7, 11) is 1.98. The molecule has 0 spiro atoms. The van der Waals surface area contributed by atoms with Crippen molar-refractivity contribution in [1.82, 2.24) is 15.3 Å². The Labute approximate surface area is 116 Å². The van der Waals surface area contributed by atoms with Gasteiger partial charge in [0.1, 0.15) is 0 Å². The molecule has 4 nitrogen and oxygen atoms in total.